The van der Waals surface area contributed by atoms with Crippen LogP contribution in [-0.4, -0.2) is 15.1 Å². The summed E-state index contributed by atoms with van der Waals surface area (Å²) >= 11 is 0. The number of nitrogens with zero attached hydrogens (tertiary/aromatic N) is 2. The van der Waals surface area contributed by atoms with Crippen LogP contribution < -0.4 is 5.73 Å². The van der Waals surface area contributed by atoms with E-state index in [4.69, 9.17) is 10.8 Å². The van der Waals surface area contributed by atoms with Crippen molar-refractivity contribution < 1.29 is 22.7 Å². The maximum absolute atomic E-state index is 12.3. The number of hydrogen-bond donors (Lipinski definition) is 2. The zero-order valence-corrected chi connectivity index (χ0v) is 9.39. The highest BCUT2D eigenvalue weighted by Crippen LogP contribution is 2.29. The van der Waals surface area contributed by atoms with Crippen LogP contribution in [-0.2, 0) is 6.18 Å². The fourth-order valence-corrected chi connectivity index (χ4v) is 0.995. The minimum absolute atomic E-state index is 0.138. The summed E-state index contributed by atoms with van der Waals surface area (Å²) in [6, 6.07) is 4.70. The molecule has 0 amide bonds. The van der Waals surface area contributed by atoms with E-state index in [1.54, 1.807) is 0 Å². The number of aromatic nitrogens is 2. The molecule has 2 rings (SSSR count). The molecule has 2 heterocycles. The molecule has 4 nitrogen and oxygen atoms in total. The summed E-state index contributed by atoms with van der Waals surface area (Å²) in [5.74, 6) is -0.929. The largest absolute Gasteiger partial charge is 0.506 e. The SMILES string of the molecule is Fc1ncccc1C(F)(F)F.Nc1ccc(O)cn1. The second-order valence-electron chi connectivity index (χ2n) is 3.28. The predicted octanol–water partition coefficient (Wildman–Crippen LogP) is 2.61. The molecule has 8 heteroatoms. The molecular formula is C11H9F4N3O. The minimum Gasteiger partial charge on any atom is -0.506 e. The average molecular weight is 275 g/mol. The van der Waals surface area contributed by atoms with Gasteiger partial charge in [0.05, 0.1) is 6.20 Å². The molecule has 0 saturated carbocycles. The molecule has 0 spiro atoms. The van der Waals surface area contributed by atoms with E-state index in [1.807, 2.05) is 0 Å². The van der Waals surface area contributed by atoms with E-state index in [9.17, 15) is 17.6 Å². The van der Waals surface area contributed by atoms with Gasteiger partial charge in [-0.1, -0.05) is 0 Å². The highest BCUT2D eigenvalue weighted by molar-refractivity contribution is 5.31. The number of rotatable bonds is 0. The summed E-state index contributed by atoms with van der Waals surface area (Å²) < 4.78 is 47.6. The first-order valence-corrected chi connectivity index (χ1v) is 4.89. The first kappa shape index (κ1) is 14.7. The Kier molecular flexibility index (Phi) is 4.62. The van der Waals surface area contributed by atoms with Crippen molar-refractivity contribution in [2.24, 2.45) is 0 Å². The summed E-state index contributed by atoms with van der Waals surface area (Å²) in [6.45, 7) is 0. The Balaban J connectivity index is 0.000000200. The zero-order chi connectivity index (χ0) is 14.5. The first-order chi connectivity index (χ1) is 8.80. The molecular weight excluding hydrogens is 266 g/mol. The van der Waals surface area contributed by atoms with Gasteiger partial charge in [0.1, 0.15) is 17.1 Å². The molecule has 19 heavy (non-hydrogen) atoms. The molecule has 0 radical (unpaired) electrons. The number of pyridine rings is 2. The monoisotopic (exact) mass is 275 g/mol. The van der Waals surface area contributed by atoms with Crippen LogP contribution in [0.5, 0.6) is 5.75 Å². The van der Waals surface area contributed by atoms with E-state index in [0.29, 0.717) is 11.9 Å². The van der Waals surface area contributed by atoms with Crippen LogP contribution in [0.15, 0.2) is 36.7 Å². The summed E-state index contributed by atoms with van der Waals surface area (Å²) in [4.78, 5) is 6.47. The van der Waals surface area contributed by atoms with Crippen molar-refractivity contribution in [1.29, 1.82) is 0 Å². The fourth-order valence-electron chi connectivity index (χ4n) is 0.995. The van der Waals surface area contributed by atoms with Gasteiger partial charge in [0.25, 0.3) is 0 Å². The Hall–Kier alpha value is -2.38. The number of nitrogen functional groups attached to an aromatic ring is 1. The van der Waals surface area contributed by atoms with Gasteiger partial charge in [0.2, 0.25) is 5.95 Å². The van der Waals surface area contributed by atoms with Crippen molar-refractivity contribution in [2.75, 3.05) is 5.73 Å². The molecule has 0 fully saturated rings. The lowest BCUT2D eigenvalue weighted by Crippen LogP contribution is -2.08. The number of alkyl halides is 3. The van der Waals surface area contributed by atoms with Crippen molar-refractivity contribution in [3.63, 3.8) is 0 Å². The Bertz CT molecular complexity index is 507. The predicted molar refractivity (Wildman–Crippen MR) is 59.5 cm³/mol. The zero-order valence-electron chi connectivity index (χ0n) is 9.39. The van der Waals surface area contributed by atoms with Gasteiger partial charge >= 0.3 is 6.18 Å². The molecule has 0 unspecified atom stereocenters. The standard InChI is InChI=1S/C6H3F4N.C5H6N2O/c7-5-4(6(8,9)10)2-1-3-11-5;6-5-2-1-4(8)3-7-5/h1-3H;1-3,8H,(H2,6,7). The van der Waals surface area contributed by atoms with Crippen molar-refractivity contribution >= 4 is 5.82 Å². The smallest absolute Gasteiger partial charge is 0.420 e. The maximum Gasteiger partial charge on any atom is 0.420 e. The van der Waals surface area contributed by atoms with Crippen molar-refractivity contribution in [3.05, 3.63) is 48.2 Å². The molecule has 0 aliphatic heterocycles. The molecule has 0 bridgehead atoms. The third kappa shape index (κ3) is 4.78. The number of nitrogens with two attached hydrogens (primary N) is 1. The number of hydrogen-bond acceptors (Lipinski definition) is 4. The third-order valence-corrected chi connectivity index (χ3v) is 1.84. The van der Waals surface area contributed by atoms with Gasteiger partial charge in [-0.05, 0) is 24.3 Å². The van der Waals surface area contributed by atoms with Crippen LogP contribution >= 0.6 is 0 Å². The summed E-state index contributed by atoms with van der Waals surface area (Å²) in [5, 5.41) is 8.64. The van der Waals surface area contributed by atoms with Crippen LogP contribution in [0.25, 0.3) is 0 Å². The number of halogens is 4. The summed E-state index contributed by atoms with van der Waals surface area (Å²) in [5.41, 5.74) is 3.87. The van der Waals surface area contributed by atoms with Crippen molar-refractivity contribution in [3.8, 4) is 5.75 Å². The molecule has 3 N–H and O–H groups in total. The van der Waals surface area contributed by atoms with Crippen LogP contribution in [0.3, 0.4) is 0 Å². The molecule has 0 aromatic carbocycles. The van der Waals surface area contributed by atoms with Gasteiger partial charge in [-0.2, -0.15) is 17.6 Å². The van der Waals surface area contributed by atoms with Crippen LogP contribution in [0.2, 0.25) is 0 Å². The quantitative estimate of drug-likeness (QED) is 0.572. The van der Waals surface area contributed by atoms with E-state index in [2.05, 4.69) is 9.97 Å². The lowest BCUT2D eigenvalue weighted by Gasteiger charge is -2.04. The van der Waals surface area contributed by atoms with Gasteiger partial charge in [-0.15, -0.1) is 0 Å². The lowest BCUT2D eigenvalue weighted by atomic mass is 10.3. The van der Waals surface area contributed by atoms with Gasteiger partial charge < -0.3 is 10.8 Å². The van der Waals surface area contributed by atoms with Gasteiger partial charge in [-0.25, -0.2) is 9.97 Å². The Morgan fingerprint density at radius 3 is 2.16 bits per heavy atom. The fraction of sp³-hybridized carbons (Fsp3) is 0.0909. The van der Waals surface area contributed by atoms with Gasteiger partial charge in [0.15, 0.2) is 0 Å². The average Bonchev–Trinajstić information content (AvgIpc) is 2.33. The van der Waals surface area contributed by atoms with Crippen LogP contribution in [0, 0.1) is 5.95 Å². The van der Waals surface area contributed by atoms with E-state index in [1.165, 1.54) is 18.3 Å². The van der Waals surface area contributed by atoms with Crippen LogP contribution in [0.4, 0.5) is 23.4 Å². The Morgan fingerprint density at radius 2 is 1.79 bits per heavy atom. The number of anilines is 1. The van der Waals surface area contributed by atoms with Crippen molar-refractivity contribution in [2.45, 2.75) is 6.18 Å². The normalized spacial score (nSPS) is 10.5. The van der Waals surface area contributed by atoms with E-state index < -0.39 is 17.7 Å². The topological polar surface area (TPSA) is 72.0 Å². The molecule has 0 atom stereocenters. The Labute approximate surface area is 105 Å². The third-order valence-electron chi connectivity index (χ3n) is 1.84. The Morgan fingerprint density at radius 1 is 1.11 bits per heavy atom. The van der Waals surface area contributed by atoms with Gasteiger partial charge in [0, 0.05) is 6.20 Å². The molecule has 2 aromatic rings. The second-order valence-corrected chi connectivity index (χ2v) is 3.28. The van der Waals surface area contributed by atoms with E-state index >= 15 is 0 Å². The lowest BCUT2D eigenvalue weighted by molar-refractivity contribution is -0.140. The summed E-state index contributed by atoms with van der Waals surface area (Å²) in [7, 11) is 0. The molecule has 0 aliphatic rings. The first-order valence-electron chi connectivity index (χ1n) is 4.89. The second kappa shape index (κ2) is 5.98. The highest BCUT2D eigenvalue weighted by Gasteiger charge is 2.34. The minimum atomic E-state index is -4.65. The van der Waals surface area contributed by atoms with E-state index in [0.717, 1.165) is 12.3 Å². The molecule has 0 saturated heterocycles. The highest BCUT2D eigenvalue weighted by atomic mass is 19.4. The molecule has 102 valence electrons. The summed E-state index contributed by atoms with van der Waals surface area (Å²) in [6.07, 6.45) is -2.39. The number of aromatic hydroxyl groups is 1. The van der Waals surface area contributed by atoms with E-state index in [-0.39, 0.29) is 5.75 Å². The van der Waals surface area contributed by atoms with Crippen molar-refractivity contribution in [1.82, 2.24) is 9.97 Å². The van der Waals surface area contributed by atoms with Crippen LogP contribution in [0.1, 0.15) is 5.56 Å². The molecule has 2 aromatic heterocycles. The van der Waals surface area contributed by atoms with Gasteiger partial charge in [-0.3, -0.25) is 0 Å². The maximum atomic E-state index is 12.3. The molecule has 0 aliphatic carbocycles.